The standard InChI is InChI=1S/C22H25N3O3/c1-14-24-25-21(26-14)28-19-10-6-16(7-11-19)22(2,3)15-4-8-18(9-5-15)27-20-12-17(23)13-20/h4-11,17,20H,12-13,23H2,1-3H3. The van der Waals surface area contributed by atoms with Gasteiger partial charge in [-0.2, -0.15) is 0 Å². The predicted octanol–water partition coefficient (Wildman–Crippen LogP) is 4.36. The van der Waals surface area contributed by atoms with E-state index in [1.54, 1.807) is 6.92 Å². The highest BCUT2D eigenvalue weighted by Gasteiger charge is 2.28. The molecule has 2 N–H and O–H groups in total. The fourth-order valence-electron chi connectivity index (χ4n) is 3.37. The number of nitrogens with zero attached hydrogens (tertiary/aromatic N) is 2. The van der Waals surface area contributed by atoms with Crippen LogP contribution in [0, 0.1) is 6.92 Å². The number of benzene rings is 2. The summed E-state index contributed by atoms with van der Waals surface area (Å²) in [6.07, 6.45) is 2.27. The largest absolute Gasteiger partial charge is 0.490 e. The zero-order valence-electron chi connectivity index (χ0n) is 16.4. The number of rotatable bonds is 6. The molecule has 28 heavy (non-hydrogen) atoms. The van der Waals surface area contributed by atoms with Gasteiger partial charge in [0, 0.05) is 18.4 Å². The first-order valence-electron chi connectivity index (χ1n) is 9.51. The van der Waals surface area contributed by atoms with E-state index in [0.29, 0.717) is 17.7 Å². The smallest absolute Gasteiger partial charge is 0.420 e. The molecule has 1 aliphatic carbocycles. The van der Waals surface area contributed by atoms with Crippen molar-refractivity contribution in [2.24, 2.45) is 5.73 Å². The predicted molar refractivity (Wildman–Crippen MR) is 106 cm³/mol. The topological polar surface area (TPSA) is 83.4 Å². The summed E-state index contributed by atoms with van der Waals surface area (Å²) in [6, 6.07) is 16.5. The fourth-order valence-corrected chi connectivity index (χ4v) is 3.37. The highest BCUT2D eigenvalue weighted by molar-refractivity contribution is 5.42. The van der Waals surface area contributed by atoms with Crippen LogP contribution in [0.5, 0.6) is 17.6 Å². The number of hydrogen-bond acceptors (Lipinski definition) is 6. The molecule has 0 saturated heterocycles. The zero-order chi connectivity index (χ0) is 19.7. The Morgan fingerprint density at radius 3 is 2.00 bits per heavy atom. The molecule has 1 aromatic heterocycles. The third-order valence-electron chi connectivity index (χ3n) is 5.30. The first-order valence-corrected chi connectivity index (χ1v) is 9.51. The Bertz CT molecular complexity index is 926. The lowest BCUT2D eigenvalue weighted by Gasteiger charge is -2.33. The monoisotopic (exact) mass is 379 g/mol. The maximum absolute atomic E-state index is 5.95. The van der Waals surface area contributed by atoms with Crippen LogP contribution in [-0.2, 0) is 5.41 Å². The molecule has 6 nitrogen and oxygen atoms in total. The Morgan fingerprint density at radius 2 is 1.50 bits per heavy atom. The second kappa shape index (κ2) is 7.28. The molecule has 0 aliphatic heterocycles. The Hall–Kier alpha value is -2.86. The van der Waals surface area contributed by atoms with Crippen molar-refractivity contribution in [3.8, 4) is 17.6 Å². The summed E-state index contributed by atoms with van der Waals surface area (Å²) in [6.45, 7) is 6.12. The number of nitrogens with two attached hydrogens (primary N) is 1. The van der Waals surface area contributed by atoms with E-state index in [9.17, 15) is 0 Å². The second-order valence-corrected chi connectivity index (χ2v) is 7.83. The molecule has 0 atom stereocenters. The SMILES string of the molecule is Cc1nnc(Oc2ccc(C(C)(C)c3ccc(OC4CC(N)C4)cc3)cc2)o1. The molecule has 0 radical (unpaired) electrons. The van der Waals surface area contributed by atoms with E-state index in [-0.39, 0.29) is 17.6 Å². The van der Waals surface area contributed by atoms with Crippen molar-refractivity contribution < 1.29 is 13.9 Å². The van der Waals surface area contributed by atoms with Crippen LogP contribution < -0.4 is 15.2 Å². The van der Waals surface area contributed by atoms with Crippen molar-refractivity contribution in [3.63, 3.8) is 0 Å². The van der Waals surface area contributed by atoms with E-state index in [1.807, 2.05) is 24.3 Å². The lowest BCUT2D eigenvalue weighted by atomic mass is 9.78. The van der Waals surface area contributed by atoms with Crippen LogP contribution in [0.4, 0.5) is 0 Å². The van der Waals surface area contributed by atoms with Gasteiger partial charge in [0.25, 0.3) is 0 Å². The van der Waals surface area contributed by atoms with Gasteiger partial charge in [-0.15, -0.1) is 5.10 Å². The van der Waals surface area contributed by atoms with Crippen LogP contribution in [-0.4, -0.2) is 22.3 Å². The molecule has 1 heterocycles. The van der Waals surface area contributed by atoms with Crippen molar-refractivity contribution in [1.29, 1.82) is 0 Å². The van der Waals surface area contributed by atoms with Crippen molar-refractivity contribution >= 4 is 0 Å². The van der Waals surface area contributed by atoms with Crippen LogP contribution in [0.25, 0.3) is 0 Å². The van der Waals surface area contributed by atoms with Crippen LogP contribution >= 0.6 is 0 Å². The average Bonchev–Trinajstić information content (AvgIpc) is 3.06. The minimum absolute atomic E-state index is 0.146. The molecule has 0 spiro atoms. The molecule has 1 saturated carbocycles. The first kappa shape index (κ1) is 18.5. The second-order valence-electron chi connectivity index (χ2n) is 7.83. The molecule has 0 amide bonds. The Kier molecular flexibility index (Phi) is 4.81. The van der Waals surface area contributed by atoms with Crippen LogP contribution in [0.15, 0.2) is 52.9 Å². The van der Waals surface area contributed by atoms with E-state index >= 15 is 0 Å². The van der Waals surface area contributed by atoms with Gasteiger partial charge in [0.1, 0.15) is 17.6 Å². The summed E-state index contributed by atoms with van der Waals surface area (Å²) in [4.78, 5) is 0. The zero-order valence-corrected chi connectivity index (χ0v) is 16.4. The van der Waals surface area contributed by atoms with Crippen molar-refractivity contribution in [2.75, 3.05) is 0 Å². The van der Waals surface area contributed by atoms with Crippen LogP contribution in [0.3, 0.4) is 0 Å². The van der Waals surface area contributed by atoms with Gasteiger partial charge in [-0.05, 0) is 48.2 Å². The fraction of sp³-hybridized carbons (Fsp3) is 0.364. The lowest BCUT2D eigenvalue weighted by molar-refractivity contribution is 0.101. The van der Waals surface area contributed by atoms with E-state index in [2.05, 4.69) is 48.3 Å². The minimum Gasteiger partial charge on any atom is -0.490 e. The van der Waals surface area contributed by atoms with Gasteiger partial charge in [0.05, 0.1) is 0 Å². The first-order chi connectivity index (χ1) is 13.4. The summed E-state index contributed by atoms with van der Waals surface area (Å²) in [7, 11) is 0. The van der Waals surface area contributed by atoms with E-state index in [0.717, 1.165) is 18.6 Å². The molecule has 4 rings (SSSR count). The summed E-state index contributed by atoms with van der Waals surface area (Å²) in [5.74, 6) is 2.03. The highest BCUT2D eigenvalue weighted by atomic mass is 16.6. The maximum Gasteiger partial charge on any atom is 0.420 e. The lowest BCUT2D eigenvalue weighted by Crippen LogP contribution is -2.43. The number of hydrogen-bond donors (Lipinski definition) is 1. The minimum atomic E-state index is -0.156. The summed E-state index contributed by atoms with van der Waals surface area (Å²) in [5.41, 5.74) is 8.06. The van der Waals surface area contributed by atoms with Gasteiger partial charge in [-0.25, -0.2) is 0 Å². The van der Waals surface area contributed by atoms with Gasteiger partial charge >= 0.3 is 6.08 Å². The van der Waals surface area contributed by atoms with E-state index < -0.39 is 0 Å². The molecule has 3 aromatic rings. The van der Waals surface area contributed by atoms with Crippen LogP contribution in [0.1, 0.15) is 43.7 Å². The van der Waals surface area contributed by atoms with Gasteiger partial charge in [0.15, 0.2) is 0 Å². The molecule has 0 unspecified atom stereocenters. The molecule has 0 bridgehead atoms. The molecule has 1 aliphatic rings. The van der Waals surface area contributed by atoms with Gasteiger partial charge in [-0.3, -0.25) is 0 Å². The molecular weight excluding hydrogens is 354 g/mol. The Morgan fingerprint density at radius 1 is 0.929 bits per heavy atom. The number of ether oxygens (including phenoxy) is 2. The van der Waals surface area contributed by atoms with Crippen molar-refractivity contribution in [3.05, 3.63) is 65.5 Å². The van der Waals surface area contributed by atoms with Gasteiger partial charge in [0.2, 0.25) is 5.89 Å². The van der Waals surface area contributed by atoms with Gasteiger partial charge < -0.3 is 19.6 Å². The van der Waals surface area contributed by atoms with Crippen molar-refractivity contribution in [1.82, 2.24) is 10.2 Å². The molecule has 2 aromatic carbocycles. The van der Waals surface area contributed by atoms with Crippen LogP contribution in [0.2, 0.25) is 0 Å². The van der Waals surface area contributed by atoms with E-state index in [4.69, 9.17) is 19.6 Å². The molecule has 1 fully saturated rings. The Balaban J connectivity index is 1.44. The summed E-state index contributed by atoms with van der Waals surface area (Å²) in [5, 5.41) is 7.60. The summed E-state index contributed by atoms with van der Waals surface area (Å²) >= 11 is 0. The third kappa shape index (κ3) is 3.87. The van der Waals surface area contributed by atoms with E-state index in [1.165, 1.54) is 11.1 Å². The number of aryl methyl sites for hydroxylation is 1. The quantitative estimate of drug-likeness (QED) is 0.685. The molecule has 146 valence electrons. The number of aromatic nitrogens is 2. The summed E-state index contributed by atoms with van der Waals surface area (Å²) < 4.78 is 16.8. The molecule has 6 heteroatoms. The Labute approximate surface area is 164 Å². The van der Waals surface area contributed by atoms with Crippen molar-refractivity contribution in [2.45, 2.75) is 51.2 Å². The average molecular weight is 379 g/mol. The normalized spacial score (nSPS) is 19.1. The molecular formula is C22H25N3O3. The third-order valence-corrected chi connectivity index (χ3v) is 5.30. The highest BCUT2D eigenvalue weighted by Crippen LogP contribution is 2.34. The van der Waals surface area contributed by atoms with Gasteiger partial charge in [-0.1, -0.05) is 43.2 Å². The maximum atomic E-state index is 5.95.